The molecule has 3 nitrogen and oxygen atoms in total. The lowest BCUT2D eigenvalue weighted by molar-refractivity contribution is -0.157. The molecule has 0 rings (SSSR count). The molecule has 0 saturated carbocycles. The van der Waals surface area contributed by atoms with E-state index in [1.165, 1.54) is 0 Å². The molecule has 0 aliphatic rings. The summed E-state index contributed by atoms with van der Waals surface area (Å²) in [5.74, 6) is 0.382. The van der Waals surface area contributed by atoms with Crippen LogP contribution in [0.5, 0.6) is 0 Å². The van der Waals surface area contributed by atoms with Gasteiger partial charge < -0.3 is 10.1 Å². The minimum atomic E-state index is -0.410. The second kappa shape index (κ2) is 6.24. The van der Waals surface area contributed by atoms with Crippen LogP contribution in [-0.2, 0) is 9.53 Å². The summed E-state index contributed by atoms with van der Waals surface area (Å²) in [5, 5.41) is 3.28. The van der Waals surface area contributed by atoms with Gasteiger partial charge in [0.15, 0.2) is 0 Å². The number of esters is 1. The van der Waals surface area contributed by atoms with E-state index in [4.69, 9.17) is 4.74 Å². The van der Waals surface area contributed by atoms with Crippen LogP contribution < -0.4 is 5.32 Å². The van der Waals surface area contributed by atoms with Gasteiger partial charge in [-0.05, 0) is 40.5 Å². The first-order chi connectivity index (χ1) is 7.17. The maximum Gasteiger partial charge on any atom is 0.323 e. The van der Waals surface area contributed by atoms with Crippen molar-refractivity contribution >= 4 is 5.97 Å². The molecule has 0 bridgehead atoms. The highest BCUT2D eigenvalue weighted by Crippen LogP contribution is 2.11. The number of hydrogen-bond acceptors (Lipinski definition) is 3. The highest BCUT2D eigenvalue weighted by atomic mass is 16.6. The number of nitrogens with one attached hydrogen (secondary N) is 1. The molecule has 96 valence electrons. The molecule has 3 atom stereocenters. The van der Waals surface area contributed by atoms with Crippen LogP contribution in [0, 0.1) is 5.92 Å². The first-order valence-corrected chi connectivity index (χ1v) is 6.16. The fourth-order valence-electron chi connectivity index (χ4n) is 1.37. The minimum absolute atomic E-state index is 0.178. The molecule has 0 aliphatic carbocycles. The average molecular weight is 229 g/mol. The van der Waals surface area contributed by atoms with Crippen LogP contribution in [-0.4, -0.2) is 23.7 Å². The minimum Gasteiger partial charge on any atom is -0.459 e. The maximum atomic E-state index is 11.7. The van der Waals surface area contributed by atoms with E-state index in [1.807, 2.05) is 27.7 Å². The molecule has 16 heavy (non-hydrogen) atoms. The molecule has 0 heterocycles. The molecule has 0 saturated heterocycles. The van der Waals surface area contributed by atoms with Gasteiger partial charge in [0.05, 0.1) is 0 Å². The zero-order chi connectivity index (χ0) is 12.9. The summed E-state index contributed by atoms with van der Waals surface area (Å²) in [6, 6.07) is 0.0794. The van der Waals surface area contributed by atoms with Crippen LogP contribution in [0.3, 0.4) is 0 Å². The number of hydrogen-bond donors (Lipinski definition) is 1. The van der Waals surface area contributed by atoms with Gasteiger partial charge in [0, 0.05) is 6.04 Å². The van der Waals surface area contributed by atoms with E-state index in [1.54, 1.807) is 0 Å². The van der Waals surface area contributed by atoms with Crippen LogP contribution in [0.1, 0.15) is 54.9 Å². The van der Waals surface area contributed by atoms with Crippen molar-refractivity contribution in [3.05, 3.63) is 0 Å². The fraction of sp³-hybridized carbons (Fsp3) is 0.923. The Morgan fingerprint density at radius 1 is 1.25 bits per heavy atom. The van der Waals surface area contributed by atoms with Crippen LogP contribution in [0.4, 0.5) is 0 Å². The Kier molecular flexibility index (Phi) is 6.01. The smallest absolute Gasteiger partial charge is 0.323 e. The lowest BCUT2D eigenvalue weighted by Crippen LogP contribution is -2.45. The van der Waals surface area contributed by atoms with E-state index >= 15 is 0 Å². The number of rotatable bonds is 5. The number of carbonyl (C=O) groups is 1. The lowest BCUT2D eigenvalue weighted by atomic mass is 10.0. The molecule has 1 N–H and O–H groups in total. The topological polar surface area (TPSA) is 38.3 Å². The molecule has 0 amide bonds. The molecule has 3 unspecified atom stereocenters. The summed E-state index contributed by atoms with van der Waals surface area (Å²) in [6.45, 7) is 13.9. The lowest BCUT2D eigenvalue weighted by Gasteiger charge is -2.26. The van der Waals surface area contributed by atoms with Gasteiger partial charge in [0.2, 0.25) is 0 Å². The van der Waals surface area contributed by atoms with Crippen molar-refractivity contribution in [3.63, 3.8) is 0 Å². The quantitative estimate of drug-likeness (QED) is 0.737. The second-order valence-electron chi connectivity index (χ2n) is 5.60. The predicted molar refractivity (Wildman–Crippen MR) is 67.4 cm³/mol. The third-order valence-corrected chi connectivity index (χ3v) is 2.77. The van der Waals surface area contributed by atoms with E-state index in [0.717, 1.165) is 6.42 Å². The largest absolute Gasteiger partial charge is 0.459 e. The van der Waals surface area contributed by atoms with Crippen molar-refractivity contribution in [2.75, 3.05) is 0 Å². The molecular formula is C13H27NO2. The molecular weight excluding hydrogens is 202 g/mol. The van der Waals surface area contributed by atoms with Crippen molar-refractivity contribution in [1.29, 1.82) is 0 Å². The normalized spacial score (nSPS) is 17.7. The van der Waals surface area contributed by atoms with Gasteiger partial charge in [0.1, 0.15) is 11.6 Å². The van der Waals surface area contributed by atoms with Gasteiger partial charge in [-0.3, -0.25) is 4.79 Å². The standard InChI is InChI=1S/C13H27NO2/c1-8-9(2)10(3)14-11(4)12(15)16-13(5,6)7/h9-11,14H,8H2,1-7H3. The van der Waals surface area contributed by atoms with Gasteiger partial charge in [-0.2, -0.15) is 0 Å². The maximum absolute atomic E-state index is 11.7. The molecule has 0 spiro atoms. The van der Waals surface area contributed by atoms with Crippen molar-refractivity contribution < 1.29 is 9.53 Å². The van der Waals surface area contributed by atoms with Crippen LogP contribution >= 0.6 is 0 Å². The van der Waals surface area contributed by atoms with Crippen molar-refractivity contribution in [2.45, 2.75) is 72.6 Å². The van der Waals surface area contributed by atoms with Crippen molar-refractivity contribution in [1.82, 2.24) is 5.32 Å². The van der Waals surface area contributed by atoms with Gasteiger partial charge in [-0.1, -0.05) is 20.3 Å². The van der Waals surface area contributed by atoms with E-state index in [9.17, 15) is 4.79 Å². The van der Waals surface area contributed by atoms with E-state index in [2.05, 4.69) is 26.1 Å². The summed E-state index contributed by atoms with van der Waals surface area (Å²) in [7, 11) is 0. The Labute approximate surface area is 99.9 Å². The number of carbonyl (C=O) groups excluding carboxylic acids is 1. The third-order valence-electron chi connectivity index (χ3n) is 2.77. The van der Waals surface area contributed by atoms with Crippen molar-refractivity contribution in [2.24, 2.45) is 5.92 Å². The van der Waals surface area contributed by atoms with E-state index in [0.29, 0.717) is 12.0 Å². The summed E-state index contributed by atoms with van der Waals surface area (Å²) in [4.78, 5) is 11.7. The molecule has 0 aromatic rings. The zero-order valence-corrected chi connectivity index (χ0v) is 11.8. The summed E-state index contributed by atoms with van der Waals surface area (Å²) < 4.78 is 5.31. The third kappa shape index (κ3) is 6.11. The molecule has 0 aromatic carbocycles. The molecule has 0 fully saturated rings. The van der Waals surface area contributed by atoms with Crippen LogP contribution in [0.15, 0.2) is 0 Å². The van der Waals surface area contributed by atoms with Gasteiger partial charge in [0.25, 0.3) is 0 Å². The zero-order valence-electron chi connectivity index (χ0n) is 11.8. The van der Waals surface area contributed by atoms with Crippen LogP contribution in [0.2, 0.25) is 0 Å². The van der Waals surface area contributed by atoms with Gasteiger partial charge in [-0.25, -0.2) is 0 Å². The highest BCUT2D eigenvalue weighted by molar-refractivity contribution is 5.75. The Hall–Kier alpha value is -0.570. The number of ether oxygens (including phenoxy) is 1. The molecule has 0 aromatic heterocycles. The molecule has 3 heteroatoms. The van der Waals surface area contributed by atoms with Gasteiger partial charge in [-0.15, -0.1) is 0 Å². The first-order valence-electron chi connectivity index (χ1n) is 6.16. The van der Waals surface area contributed by atoms with E-state index < -0.39 is 5.60 Å². The van der Waals surface area contributed by atoms with Crippen LogP contribution in [0.25, 0.3) is 0 Å². The molecule has 0 aliphatic heterocycles. The van der Waals surface area contributed by atoms with Gasteiger partial charge >= 0.3 is 5.97 Å². The predicted octanol–water partition coefficient (Wildman–Crippen LogP) is 2.74. The monoisotopic (exact) mass is 229 g/mol. The Morgan fingerprint density at radius 3 is 2.12 bits per heavy atom. The fourth-order valence-corrected chi connectivity index (χ4v) is 1.37. The first kappa shape index (κ1) is 15.4. The average Bonchev–Trinajstić information content (AvgIpc) is 2.13. The van der Waals surface area contributed by atoms with Crippen molar-refractivity contribution in [3.8, 4) is 0 Å². The molecule has 0 radical (unpaired) electrons. The summed E-state index contributed by atoms with van der Waals surface area (Å²) >= 11 is 0. The Bertz CT molecular complexity index is 220. The Balaban J connectivity index is 4.15. The summed E-state index contributed by atoms with van der Waals surface area (Å²) in [6.07, 6.45) is 1.11. The van der Waals surface area contributed by atoms with E-state index in [-0.39, 0.29) is 12.0 Å². The Morgan fingerprint density at radius 2 is 1.75 bits per heavy atom. The highest BCUT2D eigenvalue weighted by Gasteiger charge is 2.23. The second-order valence-corrected chi connectivity index (χ2v) is 5.60. The summed E-state index contributed by atoms with van der Waals surface area (Å²) in [5.41, 5.74) is -0.410. The SMILES string of the molecule is CCC(C)C(C)NC(C)C(=O)OC(C)(C)C.